The fourth-order valence-corrected chi connectivity index (χ4v) is 2.60. The molecule has 3 unspecified atom stereocenters. The van der Waals surface area contributed by atoms with Crippen LogP contribution in [0.4, 0.5) is 0 Å². The van der Waals surface area contributed by atoms with Gasteiger partial charge in [0.25, 0.3) is 0 Å². The van der Waals surface area contributed by atoms with Crippen molar-refractivity contribution in [3.05, 3.63) is 12.2 Å². The first-order valence-electron chi connectivity index (χ1n) is 4.17. The van der Waals surface area contributed by atoms with E-state index in [1.807, 2.05) is 12.2 Å². The van der Waals surface area contributed by atoms with Gasteiger partial charge in [-0.15, -0.1) is 0 Å². The molecule has 1 saturated carbocycles. The van der Waals surface area contributed by atoms with Crippen LogP contribution in [0.2, 0.25) is 0 Å². The number of hydrogen-bond donors (Lipinski definition) is 0. The van der Waals surface area contributed by atoms with Crippen LogP contribution in [0, 0.1) is 17.3 Å². The third kappa shape index (κ3) is 0.510. The molecule has 2 aliphatic carbocycles. The highest BCUT2D eigenvalue weighted by molar-refractivity contribution is 5.96. The predicted octanol–water partition coefficient (Wildman–Crippen LogP) is 0.652. The third-order valence-electron chi connectivity index (χ3n) is 3.27. The molecule has 0 aromatic heterocycles. The maximum absolute atomic E-state index is 11.3. The largest absolute Gasteiger partial charge is 0.392 e. The fourth-order valence-electron chi connectivity index (χ4n) is 2.60. The van der Waals surface area contributed by atoms with Crippen LogP contribution >= 0.6 is 0 Å². The topological polar surface area (TPSA) is 43.4 Å². The number of carbonyl (C=O) groups excluding carboxylic acids is 2. The Balaban J connectivity index is 2.15. The zero-order chi connectivity index (χ0) is 8.34. The van der Waals surface area contributed by atoms with E-state index in [2.05, 4.69) is 4.74 Å². The van der Waals surface area contributed by atoms with Gasteiger partial charge in [-0.25, -0.2) is 0 Å². The van der Waals surface area contributed by atoms with E-state index < -0.39 is 5.41 Å². The van der Waals surface area contributed by atoms with Crippen LogP contribution < -0.4 is 0 Å². The zero-order valence-corrected chi connectivity index (χ0v) is 6.45. The highest BCUT2D eigenvalue weighted by atomic mass is 16.6. The number of hydrogen-bond acceptors (Lipinski definition) is 3. The summed E-state index contributed by atoms with van der Waals surface area (Å²) in [6, 6.07) is 0. The van der Waals surface area contributed by atoms with Crippen LogP contribution in [-0.2, 0) is 14.3 Å². The lowest BCUT2D eigenvalue weighted by molar-refractivity contribution is -0.172. The normalized spacial score (nSPS) is 48.3. The van der Waals surface area contributed by atoms with Gasteiger partial charge >= 0.3 is 11.9 Å². The second-order valence-electron chi connectivity index (χ2n) is 3.90. The van der Waals surface area contributed by atoms with Crippen molar-refractivity contribution >= 4 is 11.9 Å². The Labute approximate surface area is 69.4 Å². The van der Waals surface area contributed by atoms with Gasteiger partial charge in [0.05, 0.1) is 11.3 Å². The van der Waals surface area contributed by atoms with Crippen LogP contribution in [0.15, 0.2) is 12.2 Å². The summed E-state index contributed by atoms with van der Waals surface area (Å²) in [6.45, 7) is 0. The number of fused-ring (bicyclic) bond motifs is 3. The maximum Gasteiger partial charge on any atom is 0.323 e. The molecule has 0 radical (unpaired) electrons. The molecule has 3 atom stereocenters. The van der Waals surface area contributed by atoms with Crippen LogP contribution in [0.1, 0.15) is 12.8 Å². The van der Waals surface area contributed by atoms with Gasteiger partial charge in [0, 0.05) is 0 Å². The predicted molar refractivity (Wildman–Crippen MR) is 38.9 cm³/mol. The molecule has 1 heterocycles. The second-order valence-corrected chi connectivity index (χ2v) is 3.90. The van der Waals surface area contributed by atoms with Crippen molar-refractivity contribution in [3.63, 3.8) is 0 Å². The minimum atomic E-state index is -0.413. The number of carbonyl (C=O) groups is 2. The number of cyclic esters (lactones) is 2. The minimum absolute atomic E-state index is 0.0345. The molecule has 0 N–H and O–H groups in total. The quantitative estimate of drug-likeness (QED) is 0.300. The van der Waals surface area contributed by atoms with E-state index in [4.69, 9.17) is 0 Å². The van der Waals surface area contributed by atoms with Crippen molar-refractivity contribution in [1.29, 1.82) is 0 Å². The first kappa shape index (κ1) is 6.40. The lowest BCUT2D eigenvalue weighted by Gasteiger charge is -2.27. The van der Waals surface area contributed by atoms with E-state index >= 15 is 0 Å². The fraction of sp³-hybridized carbons (Fsp3) is 0.556. The summed E-state index contributed by atoms with van der Waals surface area (Å²) in [5.74, 6) is -0.417. The molecule has 0 aromatic rings. The van der Waals surface area contributed by atoms with Crippen molar-refractivity contribution < 1.29 is 14.3 Å². The highest BCUT2D eigenvalue weighted by Gasteiger charge is 2.59. The summed E-state index contributed by atoms with van der Waals surface area (Å²) in [7, 11) is 0. The molecule has 3 rings (SSSR count). The summed E-state index contributed by atoms with van der Waals surface area (Å²) in [4.78, 5) is 22.5. The highest BCUT2D eigenvalue weighted by Crippen LogP contribution is 2.56. The molecule has 1 saturated heterocycles. The number of esters is 2. The van der Waals surface area contributed by atoms with Gasteiger partial charge in [0.2, 0.25) is 0 Å². The minimum Gasteiger partial charge on any atom is -0.392 e. The van der Waals surface area contributed by atoms with Crippen molar-refractivity contribution in [2.45, 2.75) is 12.8 Å². The average molecular weight is 164 g/mol. The molecule has 62 valence electrons. The molecule has 3 aliphatic rings. The molecule has 0 amide bonds. The van der Waals surface area contributed by atoms with E-state index in [-0.39, 0.29) is 23.8 Å². The van der Waals surface area contributed by atoms with E-state index in [1.165, 1.54) is 0 Å². The smallest absolute Gasteiger partial charge is 0.323 e. The molecular weight excluding hydrogens is 156 g/mol. The number of allylic oxidation sites excluding steroid dienone is 1. The average Bonchev–Trinajstić information content (AvgIpc) is 2.57. The van der Waals surface area contributed by atoms with Gasteiger partial charge in [0.1, 0.15) is 0 Å². The Hall–Kier alpha value is -1.12. The van der Waals surface area contributed by atoms with Gasteiger partial charge in [-0.05, 0) is 18.8 Å². The van der Waals surface area contributed by atoms with Crippen molar-refractivity contribution in [2.24, 2.45) is 17.3 Å². The number of ether oxygens (including phenoxy) is 1. The van der Waals surface area contributed by atoms with Gasteiger partial charge in [-0.1, -0.05) is 12.2 Å². The van der Waals surface area contributed by atoms with Gasteiger partial charge in [-0.2, -0.15) is 0 Å². The first-order valence-corrected chi connectivity index (χ1v) is 4.17. The van der Waals surface area contributed by atoms with E-state index in [9.17, 15) is 9.59 Å². The Kier molecular flexibility index (Phi) is 0.868. The lowest BCUT2D eigenvalue weighted by atomic mass is 9.83. The molecule has 2 fully saturated rings. The van der Waals surface area contributed by atoms with Crippen molar-refractivity contribution in [2.75, 3.05) is 0 Å². The maximum atomic E-state index is 11.3. The summed E-state index contributed by atoms with van der Waals surface area (Å²) in [6.07, 6.45) is 5.39. The van der Waals surface area contributed by atoms with Crippen LogP contribution in [0.25, 0.3) is 0 Å². The molecule has 1 aliphatic heterocycles. The summed E-state index contributed by atoms with van der Waals surface area (Å²) < 4.78 is 4.67. The Bertz CT molecular complexity index is 318. The summed E-state index contributed by atoms with van der Waals surface area (Å²) in [5, 5.41) is 0. The SMILES string of the molecule is O=C1OC(=O)C23C=CC(C2)C1C3. The Morgan fingerprint density at radius 2 is 2.25 bits per heavy atom. The molecular formula is C9H8O3. The summed E-state index contributed by atoms with van der Waals surface area (Å²) >= 11 is 0. The third-order valence-corrected chi connectivity index (χ3v) is 3.27. The first-order chi connectivity index (χ1) is 5.71. The van der Waals surface area contributed by atoms with Gasteiger partial charge in [-0.3, -0.25) is 9.59 Å². The van der Waals surface area contributed by atoms with E-state index in [0.717, 1.165) is 6.42 Å². The number of rotatable bonds is 0. The zero-order valence-electron chi connectivity index (χ0n) is 6.45. The second kappa shape index (κ2) is 1.63. The molecule has 12 heavy (non-hydrogen) atoms. The molecule has 3 heteroatoms. The Morgan fingerprint density at radius 1 is 1.42 bits per heavy atom. The van der Waals surface area contributed by atoms with Crippen molar-refractivity contribution in [1.82, 2.24) is 0 Å². The van der Waals surface area contributed by atoms with Crippen molar-refractivity contribution in [3.8, 4) is 0 Å². The molecule has 0 aromatic carbocycles. The standard InChI is InChI=1S/C9H8O3/c10-7-6-4-9(8(11)12-7)2-1-5(6)3-9/h1-2,5-6H,3-4H2. The van der Waals surface area contributed by atoms with E-state index in [0.29, 0.717) is 6.42 Å². The van der Waals surface area contributed by atoms with Crippen LogP contribution in [0.3, 0.4) is 0 Å². The summed E-state index contributed by atoms with van der Waals surface area (Å²) in [5.41, 5.74) is -0.413. The Morgan fingerprint density at radius 3 is 3.08 bits per heavy atom. The van der Waals surface area contributed by atoms with Crippen LogP contribution in [0.5, 0.6) is 0 Å². The van der Waals surface area contributed by atoms with Gasteiger partial charge in [0.15, 0.2) is 0 Å². The monoisotopic (exact) mass is 164 g/mol. The van der Waals surface area contributed by atoms with Crippen LogP contribution in [-0.4, -0.2) is 11.9 Å². The lowest BCUT2D eigenvalue weighted by Crippen LogP contribution is -2.38. The van der Waals surface area contributed by atoms with Gasteiger partial charge < -0.3 is 4.74 Å². The van der Waals surface area contributed by atoms with E-state index in [1.54, 1.807) is 0 Å². The molecule has 3 bridgehead atoms. The molecule has 3 nitrogen and oxygen atoms in total. The molecule has 1 spiro atoms.